The molecule has 0 heterocycles. The molecule has 0 aliphatic heterocycles. The third kappa shape index (κ3) is 41.0. The van der Waals surface area contributed by atoms with Crippen molar-refractivity contribution < 1.29 is 47.5 Å². The third-order valence-electron chi connectivity index (χ3n) is 10.5. The number of phosphoric ester groups is 1. The second-order valence-corrected chi connectivity index (χ2v) is 17.7. The molecular formula is C46H88NO10P. The number of hydrogen-bond acceptors (Lipinski definition) is 9. The average molecular weight is 846 g/mol. The highest BCUT2D eigenvalue weighted by Crippen LogP contribution is 2.43. The van der Waals surface area contributed by atoms with E-state index in [1.807, 2.05) is 0 Å². The maximum Gasteiger partial charge on any atom is 0.472 e. The zero-order chi connectivity index (χ0) is 42.8. The van der Waals surface area contributed by atoms with E-state index in [0.29, 0.717) is 12.8 Å². The van der Waals surface area contributed by atoms with Crippen molar-refractivity contribution in [2.75, 3.05) is 19.8 Å². The number of unbranched alkanes of at least 4 members (excludes halogenated alkanes) is 29. The minimum atomic E-state index is -4.71. The zero-order valence-corrected chi connectivity index (χ0v) is 38.1. The Labute approximate surface area is 354 Å². The highest BCUT2D eigenvalue weighted by Gasteiger charge is 2.28. The number of rotatable bonds is 45. The van der Waals surface area contributed by atoms with Crippen molar-refractivity contribution in [1.82, 2.24) is 0 Å². The molecule has 0 aliphatic carbocycles. The molecular weight excluding hydrogens is 757 g/mol. The third-order valence-corrected chi connectivity index (χ3v) is 11.5. The first-order valence-corrected chi connectivity index (χ1v) is 25.2. The Morgan fingerprint density at radius 2 is 0.862 bits per heavy atom. The molecule has 0 aromatic rings. The summed E-state index contributed by atoms with van der Waals surface area (Å²) in [5.41, 5.74) is 5.34. The van der Waals surface area contributed by atoms with Crippen LogP contribution >= 0.6 is 7.82 Å². The quantitative estimate of drug-likeness (QED) is 0.0230. The molecule has 0 rings (SSSR count). The number of hydrogen-bond donors (Lipinski definition) is 3. The molecule has 0 radical (unpaired) electrons. The van der Waals surface area contributed by atoms with Gasteiger partial charge in [0.2, 0.25) is 0 Å². The molecule has 11 nitrogen and oxygen atoms in total. The lowest BCUT2D eigenvalue weighted by molar-refractivity contribution is -0.161. The van der Waals surface area contributed by atoms with E-state index in [0.717, 1.165) is 44.9 Å². The fraction of sp³-hybridized carbons (Fsp3) is 0.891. The number of ether oxygens (including phenoxy) is 2. The summed E-state index contributed by atoms with van der Waals surface area (Å²) in [6.45, 7) is 2.81. The summed E-state index contributed by atoms with van der Waals surface area (Å²) >= 11 is 0. The van der Waals surface area contributed by atoms with Crippen molar-refractivity contribution in [3.63, 3.8) is 0 Å². The average Bonchev–Trinajstić information content (AvgIpc) is 3.20. The van der Waals surface area contributed by atoms with Crippen LogP contribution in [0.25, 0.3) is 0 Å². The maximum absolute atomic E-state index is 12.7. The van der Waals surface area contributed by atoms with Crippen molar-refractivity contribution in [3.05, 3.63) is 12.2 Å². The maximum atomic E-state index is 12.7. The minimum absolute atomic E-state index is 0.164. The standard InChI is InChI=1S/C46H88NO10P/c1-3-5-7-9-11-13-15-17-18-19-20-21-22-23-24-26-28-30-32-34-36-38-45(49)57-42(40-55-58(52,53)56-41-43(47)46(50)51)39-54-44(48)37-35-33-31-29-27-25-16-14-12-10-8-6-4-2/h25,27,42-43H,3-24,26,28-41,47H2,1-2H3,(H,50,51)(H,52,53)/b27-25+/t42-,43-/m0/s1. The molecule has 0 fully saturated rings. The van der Waals surface area contributed by atoms with Gasteiger partial charge >= 0.3 is 25.7 Å². The van der Waals surface area contributed by atoms with Crippen molar-refractivity contribution in [3.8, 4) is 0 Å². The fourth-order valence-corrected chi connectivity index (χ4v) is 7.55. The normalized spacial score (nSPS) is 13.7. The van der Waals surface area contributed by atoms with E-state index in [-0.39, 0.29) is 19.4 Å². The molecule has 0 saturated carbocycles. The van der Waals surface area contributed by atoms with Gasteiger partial charge in [-0.3, -0.25) is 23.4 Å². The molecule has 3 atom stereocenters. The molecule has 0 spiro atoms. The van der Waals surface area contributed by atoms with Crippen molar-refractivity contribution in [1.29, 1.82) is 0 Å². The predicted octanol–water partition coefficient (Wildman–Crippen LogP) is 12.8. The van der Waals surface area contributed by atoms with Gasteiger partial charge in [0.15, 0.2) is 6.10 Å². The Morgan fingerprint density at radius 3 is 1.28 bits per heavy atom. The molecule has 0 bridgehead atoms. The van der Waals surface area contributed by atoms with Crippen molar-refractivity contribution in [2.45, 2.75) is 244 Å². The van der Waals surface area contributed by atoms with Gasteiger partial charge in [-0.2, -0.15) is 0 Å². The highest BCUT2D eigenvalue weighted by molar-refractivity contribution is 7.47. The van der Waals surface area contributed by atoms with E-state index in [9.17, 15) is 23.8 Å². The Hall–Kier alpha value is -1.78. The Kier molecular flexibility index (Phi) is 40.6. The first-order chi connectivity index (χ1) is 28.1. The van der Waals surface area contributed by atoms with Gasteiger partial charge < -0.3 is 25.2 Å². The van der Waals surface area contributed by atoms with E-state index in [1.165, 1.54) is 148 Å². The van der Waals surface area contributed by atoms with E-state index in [4.69, 9.17) is 24.8 Å². The Bertz CT molecular complexity index is 1040. The highest BCUT2D eigenvalue weighted by atomic mass is 31.2. The summed E-state index contributed by atoms with van der Waals surface area (Å²) in [5.74, 6) is -2.38. The second kappa shape index (κ2) is 41.9. The van der Waals surface area contributed by atoms with Gasteiger partial charge in [-0.1, -0.05) is 193 Å². The monoisotopic (exact) mass is 846 g/mol. The predicted molar refractivity (Wildman–Crippen MR) is 236 cm³/mol. The fourth-order valence-electron chi connectivity index (χ4n) is 6.77. The summed E-state index contributed by atoms with van der Waals surface area (Å²) in [6.07, 6.45) is 42.8. The van der Waals surface area contributed by atoms with E-state index < -0.39 is 51.1 Å². The number of carbonyl (C=O) groups excluding carboxylic acids is 2. The second-order valence-electron chi connectivity index (χ2n) is 16.2. The van der Waals surface area contributed by atoms with E-state index >= 15 is 0 Å². The van der Waals surface area contributed by atoms with Crippen LogP contribution < -0.4 is 5.73 Å². The van der Waals surface area contributed by atoms with Crippen LogP contribution in [0.3, 0.4) is 0 Å². The van der Waals surface area contributed by atoms with Crippen LogP contribution in [0.1, 0.15) is 232 Å². The van der Waals surface area contributed by atoms with Crippen LogP contribution in [-0.2, 0) is 37.5 Å². The number of esters is 2. The lowest BCUT2D eigenvalue weighted by atomic mass is 10.0. The van der Waals surface area contributed by atoms with Crippen molar-refractivity contribution >= 4 is 25.7 Å². The number of carboxylic acids is 1. The first-order valence-electron chi connectivity index (χ1n) is 23.7. The first kappa shape index (κ1) is 56.2. The topological polar surface area (TPSA) is 172 Å². The van der Waals surface area contributed by atoms with Gasteiger partial charge in [0, 0.05) is 12.8 Å². The number of nitrogens with two attached hydrogens (primary N) is 1. The molecule has 0 amide bonds. The van der Waals surface area contributed by atoms with Crippen molar-refractivity contribution in [2.24, 2.45) is 5.73 Å². The van der Waals surface area contributed by atoms with Gasteiger partial charge in [-0.15, -0.1) is 0 Å². The summed E-state index contributed by atoms with van der Waals surface area (Å²) in [5, 5.41) is 8.90. The van der Waals surface area contributed by atoms with Crippen LogP contribution in [0.15, 0.2) is 12.2 Å². The van der Waals surface area contributed by atoms with Crippen LogP contribution in [0, 0.1) is 0 Å². The number of aliphatic carboxylic acids is 1. The number of carbonyl (C=O) groups is 3. The van der Waals surface area contributed by atoms with Gasteiger partial charge in [-0.25, -0.2) is 4.57 Å². The summed E-state index contributed by atoms with van der Waals surface area (Å²) in [7, 11) is -4.71. The summed E-state index contributed by atoms with van der Waals surface area (Å²) in [6, 6.07) is -1.52. The smallest absolute Gasteiger partial charge is 0.472 e. The zero-order valence-electron chi connectivity index (χ0n) is 37.2. The van der Waals surface area contributed by atoms with Gasteiger partial charge in [-0.05, 0) is 38.5 Å². The number of carboxylic acid groups (broad SMARTS) is 1. The summed E-state index contributed by atoms with van der Waals surface area (Å²) < 4.78 is 32.7. The molecule has 0 aromatic carbocycles. The largest absolute Gasteiger partial charge is 0.480 e. The molecule has 1 unspecified atom stereocenters. The molecule has 12 heteroatoms. The van der Waals surface area contributed by atoms with Gasteiger partial charge in [0.1, 0.15) is 12.6 Å². The molecule has 4 N–H and O–H groups in total. The number of allylic oxidation sites excluding steroid dienone is 2. The number of phosphoric acid groups is 1. The molecule has 0 saturated heterocycles. The molecule has 58 heavy (non-hydrogen) atoms. The summed E-state index contributed by atoms with van der Waals surface area (Å²) in [4.78, 5) is 46.0. The Morgan fingerprint density at radius 1 is 0.517 bits per heavy atom. The molecule has 342 valence electrons. The SMILES string of the molecule is CCCCCCCC/C=C/CCCCCC(=O)OC[C@@H](COP(=O)(O)OC[C@H](N)C(=O)O)OC(=O)CCCCCCCCCCCCCCCCCCCCCCC. The molecule has 0 aliphatic rings. The van der Waals surface area contributed by atoms with Crippen LogP contribution in [0.5, 0.6) is 0 Å². The van der Waals surface area contributed by atoms with E-state index in [2.05, 4.69) is 30.5 Å². The van der Waals surface area contributed by atoms with E-state index in [1.54, 1.807) is 0 Å². The van der Waals surface area contributed by atoms with Crippen LogP contribution in [0.2, 0.25) is 0 Å². The van der Waals surface area contributed by atoms with Gasteiger partial charge in [0.25, 0.3) is 0 Å². The Balaban J connectivity index is 4.24. The minimum Gasteiger partial charge on any atom is -0.480 e. The van der Waals surface area contributed by atoms with Crippen LogP contribution in [0.4, 0.5) is 0 Å². The lowest BCUT2D eigenvalue weighted by Gasteiger charge is -2.20. The van der Waals surface area contributed by atoms with Crippen LogP contribution in [-0.4, -0.2) is 59.9 Å². The molecule has 0 aromatic heterocycles. The van der Waals surface area contributed by atoms with Gasteiger partial charge in [0.05, 0.1) is 13.2 Å². The lowest BCUT2D eigenvalue weighted by Crippen LogP contribution is -2.34.